The topological polar surface area (TPSA) is 55.4 Å². The van der Waals surface area contributed by atoms with E-state index >= 15 is 0 Å². The van der Waals surface area contributed by atoms with E-state index in [1.807, 2.05) is 61.5 Å². The zero-order valence-electron chi connectivity index (χ0n) is 16.8. The number of carbonyl (C=O) groups excluding carboxylic acids is 2. The first-order valence-electron chi connectivity index (χ1n) is 10.0. The van der Waals surface area contributed by atoms with Crippen molar-refractivity contribution in [3.05, 3.63) is 107 Å². The number of nitrogens with one attached hydrogen (secondary N) is 1. The van der Waals surface area contributed by atoms with Crippen molar-refractivity contribution in [1.82, 2.24) is 0 Å². The normalized spacial score (nSPS) is 13.2. The zero-order valence-corrected chi connectivity index (χ0v) is 16.8. The van der Waals surface area contributed by atoms with Crippen molar-refractivity contribution in [3.8, 4) is 0 Å². The number of carbonyl (C=O) groups is 2. The van der Waals surface area contributed by atoms with E-state index in [9.17, 15) is 9.59 Å². The average Bonchev–Trinajstić information content (AvgIpc) is 2.79. The Balaban J connectivity index is 1.57. The van der Waals surface area contributed by atoms with E-state index in [0.29, 0.717) is 16.8 Å². The lowest BCUT2D eigenvalue weighted by Crippen LogP contribution is -2.26. The summed E-state index contributed by atoms with van der Waals surface area (Å²) in [5, 5.41) is 2.85. The Morgan fingerprint density at radius 1 is 0.967 bits per heavy atom. The van der Waals surface area contributed by atoms with Gasteiger partial charge in [-0.15, -0.1) is 0 Å². The number of hydrogen-bond donors (Lipinski definition) is 1. The van der Waals surface area contributed by atoms with Crippen LogP contribution in [0.3, 0.4) is 0 Å². The second-order valence-electron chi connectivity index (χ2n) is 7.41. The highest BCUT2D eigenvalue weighted by Crippen LogP contribution is 2.24. The summed E-state index contributed by atoms with van der Waals surface area (Å²) < 4.78 is 5.70. The minimum atomic E-state index is -1.05. The minimum Gasteiger partial charge on any atom is -0.444 e. The number of allylic oxidation sites excluding steroid dienone is 1. The molecule has 1 N–H and O–H groups in total. The van der Waals surface area contributed by atoms with E-state index < -0.39 is 12.1 Å². The van der Waals surface area contributed by atoms with Gasteiger partial charge in [0.15, 0.2) is 0 Å². The predicted molar refractivity (Wildman–Crippen MR) is 118 cm³/mol. The number of fused-ring (bicyclic) bond motifs is 1. The van der Waals surface area contributed by atoms with Gasteiger partial charge in [0.1, 0.15) is 0 Å². The number of anilines is 1. The lowest BCUT2D eigenvalue weighted by molar-refractivity contribution is -0.125. The fourth-order valence-electron chi connectivity index (χ4n) is 3.48. The second-order valence-corrected chi connectivity index (χ2v) is 7.41. The number of amides is 1. The summed E-state index contributed by atoms with van der Waals surface area (Å²) in [6.07, 6.45) is 4.99. The molecular weight excluding hydrogens is 374 g/mol. The van der Waals surface area contributed by atoms with Gasteiger partial charge in [0.25, 0.3) is 5.91 Å². The minimum absolute atomic E-state index is 0.390. The summed E-state index contributed by atoms with van der Waals surface area (Å²) in [5.41, 5.74) is 5.07. The summed E-state index contributed by atoms with van der Waals surface area (Å²) in [6, 6.07) is 22.1. The van der Waals surface area contributed by atoms with Crippen LogP contribution in [0.25, 0.3) is 6.08 Å². The van der Waals surface area contributed by atoms with Gasteiger partial charge in [-0.25, -0.2) is 4.79 Å². The van der Waals surface area contributed by atoms with E-state index in [2.05, 4.69) is 17.5 Å². The van der Waals surface area contributed by atoms with Crippen molar-refractivity contribution in [2.24, 2.45) is 0 Å². The molecule has 0 aliphatic heterocycles. The largest absolute Gasteiger partial charge is 0.444 e. The molecule has 3 aromatic carbocycles. The molecule has 0 radical (unpaired) electrons. The number of benzene rings is 3. The van der Waals surface area contributed by atoms with Crippen LogP contribution in [0, 0.1) is 6.92 Å². The molecule has 0 bridgehead atoms. The number of hydrogen-bond acceptors (Lipinski definition) is 3. The Labute approximate surface area is 176 Å². The fraction of sp³-hybridized carbons (Fsp3) is 0.154. The van der Waals surface area contributed by atoms with E-state index in [0.717, 1.165) is 29.5 Å². The predicted octanol–water partition coefficient (Wildman–Crippen LogP) is 5.49. The van der Waals surface area contributed by atoms with Gasteiger partial charge in [-0.2, -0.15) is 0 Å². The molecule has 150 valence electrons. The molecule has 1 unspecified atom stereocenters. The molecule has 1 amide bonds. The van der Waals surface area contributed by atoms with E-state index in [4.69, 9.17) is 4.74 Å². The van der Waals surface area contributed by atoms with Crippen molar-refractivity contribution < 1.29 is 14.3 Å². The van der Waals surface area contributed by atoms with Crippen LogP contribution < -0.4 is 5.32 Å². The molecule has 0 fully saturated rings. The summed E-state index contributed by atoms with van der Waals surface area (Å²) >= 11 is 0. The molecule has 1 aliphatic carbocycles. The van der Waals surface area contributed by atoms with Crippen molar-refractivity contribution in [3.63, 3.8) is 0 Å². The maximum Gasteiger partial charge on any atom is 0.339 e. The SMILES string of the molecule is Cc1ccc(NC(=O)C(OC(=O)c2ccc3c(c2)CCC=C3)c2ccccc2)cc1. The maximum absolute atomic E-state index is 13.0. The van der Waals surface area contributed by atoms with Crippen molar-refractivity contribution in [2.45, 2.75) is 25.9 Å². The van der Waals surface area contributed by atoms with Gasteiger partial charge in [-0.1, -0.05) is 66.2 Å². The standard InChI is InChI=1S/C26H23NO3/c1-18-11-15-23(16-12-18)27-25(28)24(20-8-3-2-4-9-20)30-26(29)22-14-13-19-7-5-6-10-21(19)17-22/h2-5,7-9,11-17,24H,6,10H2,1H3,(H,27,28). The molecule has 4 rings (SSSR count). The molecule has 4 heteroatoms. The molecule has 3 aromatic rings. The van der Waals surface area contributed by atoms with Gasteiger partial charge in [-0.05, 0) is 55.2 Å². The molecule has 0 aromatic heterocycles. The van der Waals surface area contributed by atoms with Gasteiger partial charge in [0, 0.05) is 11.3 Å². The second kappa shape index (κ2) is 8.78. The van der Waals surface area contributed by atoms with Gasteiger partial charge in [0.2, 0.25) is 6.10 Å². The highest BCUT2D eigenvalue weighted by Gasteiger charge is 2.26. The van der Waals surface area contributed by atoms with Gasteiger partial charge in [0.05, 0.1) is 5.56 Å². The Morgan fingerprint density at radius 3 is 2.50 bits per heavy atom. The van der Waals surface area contributed by atoms with Crippen LogP contribution in [0.4, 0.5) is 5.69 Å². The Bertz CT molecular complexity index is 1090. The summed E-state index contributed by atoms with van der Waals surface area (Å²) in [4.78, 5) is 25.9. The molecule has 0 saturated heterocycles. The lowest BCUT2D eigenvalue weighted by Gasteiger charge is -2.19. The third-order valence-electron chi connectivity index (χ3n) is 5.14. The van der Waals surface area contributed by atoms with Crippen molar-refractivity contribution >= 4 is 23.6 Å². The number of ether oxygens (including phenoxy) is 1. The van der Waals surface area contributed by atoms with Crippen LogP contribution in [-0.2, 0) is 16.0 Å². The third kappa shape index (κ3) is 4.49. The first-order chi connectivity index (χ1) is 14.6. The maximum atomic E-state index is 13.0. The van der Waals surface area contributed by atoms with E-state index in [1.54, 1.807) is 18.2 Å². The number of rotatable bonds is 5. The number of esters is 1. The lowest BCUT2D eigenvalue weighted by atomic mass is 9.95. The van der Waals surface area contributed by atoms with Gasteiger partial charge >= 0.3 is 5.97 Å². The molecule has 0 heterocycles. The molecule has 0 saturated carbocycles. The van der Waals surface area contributed by atoms with Gasteiger partial charge < -0.3 is 10.1 Å². The molecule has 1 atom stereocenters. The highest BCUT2D eigenvalue weighted by molar-refractivity contribution is 5.98. The van der Waals surface area contributed by atoms with E-state index in [1.165, 1.54) is 0 Å². The molecule has 1 aliphatic rings. The van der Waals surface area contributed by atoms with Crippen molar-refractivity contribution in [2.75, 3.05) is 5.32 Å². The molecule has 0 spiro atoms. The summed E-state index contributed by atoms with van der Waals surface area (Å²) in [5.74, 6) is -0.903. The quantitative estimate of drug-likeness (QED) is 0.579. The zero-order chi connectivity index (χ0) is 20.9. The first-order valence-corrected chi connectivity index (χ1v) is 10.0. The van der Waals surface area contributed by atoms with Crippen LogP contribution in [0.1, 0.15) is 45.1 Å². The first kappa shape index (κ1) is 19.6. The molecule has 30 heavy (non-hydrogen) atoms. The molecule has 4 nitrogen and oxygen atoms in total. The Morgan fingerprint density at radius 2 is 1.73 bits per heavy atom. The molecular formula is C26H23NO3. The van der Waals surface area contributed by atoms with Gasteiger partial charge in [-0.3, -0.25) is 4.79 Å². The van der Waals surface area contributed by atoms with Crippen LogP contribution in [0.2, 0.25) is 0 Å². The smallest absolute Gasteiger partial charge is 0.339 e. The third-order valence-corrected chi connectivity index (χ3v) is 5.14. The Hall–Kier alpha value is -3.66. The Kier molecular flexibility index (Phi) is 5.75. The fourth-order valence-corrected chi connectivity index (χ4v) is 3.48. The van der Waals surface area contributed by atoms with Crippen LogP contribution >= 0.6 is 0 Å². The van der Waals surface area contributed by atoms with Crippen LogP contribution in [0.5, 0.6) is 0 Å². The monoisotopic (exact) mass is 397 g/mol. The summed E-state index contributed by atoms with van der Waals surface area (Å²) in [7, 11) is 0. The number of aryl methyl sites for hydroxylation is 2. The van der Waals surface area contributed by atoms with Crippen LogP contribution in [0.15, 0.2) is 78.9 Å². The average molecular weight is 397 g/mol. The highest BCUT2D eigenvalue weighted by atomic mass is 16.5. The van der Waals surface area contributed by atoms with Crippen LogP contribution in [-0.4, -0.2) is 11.9 Å². The summed E-state index contributed by atoms with van der Waals surface area (Å²) in [6.45, 7) is 1.98. The van der Waals surface area contributed by atoms with E-state index in [-0.39, 0.29) is 5.91 Å². The van der Waals surface area contributed by atoms with Crippen molar-refractivity contribution in [1.29, 1.82) is 0 Å².